The molecule has 0 radical (unpaired) electrons. The Labute approximate surface area is 130 Å². The second kappa shape index (κ2) is 5.84. The van der Waals surface area contributed by atoms with E-state index in [9.17, 15) is 18.5 Å². The van der Waals surface area contributed by atoms with E-state index < -0.39 is 23.1 Å². The lowest BCUT2D eigenvalue weighted by atomic mass is 9.79. The van der Waals surface area contributed by atoms with Crippen molar-refractivity contribution in [1.29, 1.82) is 0 Å². The van der Waals surface area contributed by atoms with Crippen molar-refractivity contribution in [2.45, 2.75) is 31.2 Å². The Kier molecular flexibility index (Phi) is 4.20. The predicted molar refractivity (Wildman–Crippen MR) is 83.1 cm³/mol. The van der Waals surface area contributed by atoms with Crippen molar-refractivity contribution in [1.82, 2.24) is 4.31 Å². The molecule has 0 aromatic heterocycles. The number of ether oxygens (including phenoxy) is 1. The summed E-state index contributed by atoms with van der Waals surface area (Å²) in [6.07, 6.45) is 3.35. The number of hydrogen-bond donors (Lipinski definition) is 2. The third kappa shape index (κ3) is 3.15. The molecule has 0 amide bonds. The van der Waals surface area contributed by atoms with Crippen molar-refractivity contribution in [3.8, 4) is 5.75 Å². The summed E-state index contributed by atoms with van der Waals surface area (Å²) in [5, 5.41) is 18.4. The van der Waals surface area contributed by atoms with Gasteiger partial charge in [0.2, 0.25) is 10.0 Å². The molecule has 6 nitrogen and oxygen atoms in total. The van der Waals surface area contributed by atoms with E-state index in [1.54, 1.807) is 0 Å². The van der Waals surface area contributed by atoms with E-state index in [-0.39, 0.29) is 0 Å². The zero-order valence-electron chi connectivity index (χ0n) is 12.5. The van der Waals surface area contributed by atoms with Crippen LogP contribution in [0.15, 0.2) is 18.2 Å². The summed E-state index contributed by atoms with van der Waals surface area (Å²) < 4.78 is 30.1. The summed E-state index contributed by atoms with van der Waals surface area (Å²) in [7, 11) is -4.58. The van der Waals surface area contributed by atoms with E-state index in [1.807, 2.05) is 12.1 Å². The van der Waals surface area contributed by atoms with Gasteiger partial charge in [0.1, 0.15) is 11.8 Å². The lowest BCUT2D eigenvalue weighted by molar-refractivity contribution is 0.244. The molecular weight excluding hydrogens is 305 g/mol. The van der Waals surface area contributed by atoms with Crippen molar-refractivity contribution in [3.63, 3.8) is 0 Å². The average Bonchev–Trinajstić information content (AvgIpc) is 2.89. The molecule has 0 aliphatic carbocycles. The van der Waals surface area contributed by atoms with Gasteiger partial charge in [-0.15, -0.1) is 0 Å². The first-order chi connectivity index (χ1) is 10.3. The highest BCUT2D eigenvalue weighted by Gasteiger charge is 2.33. The van der Waals surface area contributed by atoms with Gasteiger partial charge in [-0.2, -0.15) is 0 Å². The lowest BCUT2D eigenvalue weighted by Gasteiger charge is -2.30. The molecule has 120 valence electrons. The molecule has 2 N–H and O–H groups in total. The van der Waals surface area contributed by atoms with Gasteiger partial charge in [-0.25, -0.2) is 12.7 Å². The van der Waals surface area contributed by atoms with Crippen molar-refractivity contribution in [3.05, 3.63) is 29.3 Å². The number of fused-ring (bicyclic) bond motifs is 1. The molecule has 8 heteroatoms. The first-order valence-corrected chi connectivity index (χ1v) is 9.30. The fraction of sp³-hybridized carbons (Fsp3) is 0.571. The monoisotopic (exact) mass is 325 g/mol. The van der Waals surface area contributed by atoms with Gasteiger partial charge >= 0.3 is 7.12 Å². The third-order valence-electron chi connectivity index (χ3n) is 4.51. The normalized spacial score (nSPS) is 23.1. The minimum Gasteiger partial charge on any atom is -0.492 e. The first-order valence-electron chi connectivity index (χ1n) is 7.45. The Morgan fingerprint density at radius 2 is 1.95 bits per heavy atom. The second-order valence-corrected chi connectivity index (χ2v) is 8.06. The highest BCUT2D eigenvalue weighted by atomic mass is 32.2. The second-order valence-electron chi connectivity index (χ2n) is 6.08. The fourth-order valence-corrected chi connectivity index (χ4v) is 4.11. The Morgan fingerprint density at radius 1 is 1.27 bits per heavy atom. The van der Waals surface area contributed by atoms with E-state index in [2.05, 4.69) is 6.07 Å². The smallest absolute Gasteiger partial charge is 0.492 e. The van der Waals surface area contributed by atoms with E-state index in [0.29, 0.717) is 31.2 Å². The van der Waals surface area contributed by atoms with Crippen LogP contribution in [-0.2, 0) is 16.4 Å². The topological polar surface area (TPSA) is 87.1 Å². The summed E-state index contributed by atoms with van der Waals surface area (Å²) in [6.45, 7) is 1.10. The van der Waals surface area contributed by atoms with Crippen LogP contribution in [0.25, 0.3) is 0 Å². The Hall–Kier alpha value is -1.09. The molecule has 1 atom stereocenters. The highest BCUT2D eigenvalue weighted by molar-refractivity contribution is 7.88. The molecule has 0 bridgehead atoms. The molecule has 1 aromatic carbocycles. The molecule has 0 saturated carbocycles. The summed E-state index contributed by atoms with van der Waals surface area (Å²) in [5.74, 6) is 1.04. The summed E-state index contributed by atoms with van der Waals surface area (Å²) in [5.41, 5.74) is 2.16. The van der Waals surface area contributed by atoms with E-state index in [1.165, 1.54) is 16.1 Å². The summed E-state index contributed by atoms with van der Waals surface area (Å²) in [4.78, 5) is 0. The summed E-state index contributed by atoms with van der Waals surface area (Å²) >= 11 is 0. The van der Waals surface area contributed by atoms with Crippen LogP contribution in [0.1, 0.15) is 29.9 Å². The lowest BCUT2D eigenvalue weighted by Crippen LogP contribution is -2.37. The predicted octanol–water partition coefficient (Wildman–Crippen LogP) is 0.141. The van der Waals surface area contributed by atoms with Gasteiger partial charge < -0.3 is 14.8 Å². The third-order valence-corrected chi connectivity index (χ3v) is 5.81. The van der Waals surface area contributed by atoms with Gasteiger partial charge in [0, 0.05) is 19.5 Å². The van der Waals surface area contributed by atoms with Crippen LogP contribution in [0.3, 0.4) is 0 Å². The van der Waals surface area contributed by atoms with Crippen molar-refractivity contribution < 1.29 is 23.2 Å². The molecule has 2 aliphatic rings. The van der Waals surface area contributed by atoms with Crippen LogP contribution >= 0.6 is 0 Å². The van der Waals surface area contributed by atoms with Gasteiger partial charge in [-0.3, -0.25) is 0 Å². The van der Waals surface area contributed by atoms with Crippen LogP contribution in [0, 0.1) is 0 Å². The van der Waals surface area contributed by atoms with Gasteiger partial charge in [-0.05, 0) is 36.0 Å². The highest BCUT2D eigenvalue weighted by Crippen LogP contribution is 2.35. The molecule has 1 unspecified atom stereocenters. The number of sulfonamides is 1. The summed E-state index contributed by atoms with van der Waals surface area (Å²) in [6, 6.07) is 5.32. The number of nitrogens with zero attached hydrogens (tertiary/aromatic N) is 1. The van der Waals surface area contributed by atoms with Gasteiger partial charge in [0.05, 0.1) is 6.26 Å². The zero-order valence-corrected chi connectivity index (χ0v) is 13.3. The minimum atomic E-state index is -3.10. The van der Waals surface area contributed by atoms with Crippen molar-refractivity contribution in [2.24, 2.45) is 0 Å². The van der Waals surface area contributed by atoms with Crippen LogP contribution in [-0.4, -0.2) is 55.2 Å². The van der Waals surface area contributed by atoms with Crippen LogP contribution in [0.5, 0.6) is 5.75 Å². The molecule has 0 spiro atoms. The molecule has 3 rings (SSSR count). The van der Waals surface area contributed by atoms with Gasteiger partial charge in [0.25, 0.3) is 0 Å². The number of piperidine rings is 1. The molecule has 2 aliphatic heterocycles. The standard InChI is InChI=1S/C14H20BNO5S/c1-22(19,20)16-6-4-10(5-7-16)11-2-3-13-12(8-11)9-14(21-13)15(17)18/h2-3,8,10,14,17-18H,4-7,9H2,1H3. The van der Waals surface area contributed by atoms with E-state index in [0.717, 1.165) is 18.4 Å². The molecule has 1 fully saturated rings. The molecule has 1 saturated heterocycles. The fourth-order valence-electron chi connectivity index (χ4n) is 3.24. The number of rotatable bonds is 3. The first kappa shape index (κ1) is 15.8. The molecule has 1 aromatic rings. The number of hydrogen-bond acceptors (Lipinski definition) is 5. The number of benzene rings is 1. The Morgan fingerprint density at radius 3 is 2.55 bits per heavy atom. The maximum Gasteiger partial charge on any atom is 0.495 e. The molecule has 22 heavy (non-hydrogen) atoms. The van der Waals surface area contributed by atoms with E-state index in [4.69, 9.17) is 4.74 Å². The molecular formula is C14H20BNO5S. The quantitative estimate of drug-likeness (QED) is 0.772. The minimum absolute atomic E-state index is 0.335. The Bertz CT molecular complexity index is 655. The van der Waals surface area contributed by atoms with Crippen LogP contribution in [0.4, 0.5) is 0 Å². The zero-order chi connectivity index (χ0) is 15.9. The SMILES string of the molecule is CS(=O)(=O)N1CCC(c2ccc3c(c2)CC(B(O)O)O3)CC1. The molecule has 2 heterocycles. The van der Waals surface area contributed by atoms with Gasteiger partial charge in [0.15, 0.2) is 0 Å². The maximum absolute atomic E-state index is 11.5. The largest absolute Gasteiger partial charge is 0.495 e. The average molecular weight is 325 g/mol. The van der Waals surface area contributed by atoms with Crippen molar-refractivity contribution >= 4 is 17.1 Å². The maximum atomic E-state index is 11.5. The van der Waals surface area contributed by atoms with Crippen LogP contribution in [0.2, 0.25) is 0 Å². The van der Waals surface area contributed by atoms with Crippen LogP contribution < -0.4 is 4.74 Å². The Balaban J connectivity index is 1.70. The van der Waals surface area contributed by atoms with E-state index >= 15 is 0 Å². The van der Waals surface area contributed by atoms with Gasteiger partial charge in [-0.1, -0.05) is 12.1 Å². The van der Waals surface area contributed by atoms with Crippen molar-refractivity contribution in [2.75, 3.05) is 19.3 Å².